The van der Waals surface area contributed by atoms with E-state index in [1.54, 1.807) is 12.2 Å². The predicted octanol–water partition coefficient (Wildman–Crippen LogP) is 5.29. The highest BCUT2D eigenvalue weighted by atomic mass is 16.3. The SMILES string of the molecule is Cc1nc2cc(C/C=C/CCC/C=C/C=C/C(=O)NCC(C)C)ccc2o1. The predicted molar refractivity (Wildman–Crippen MR) is 112 cm³/mol. The van der Waals surface area contributed by atoms with Gasteiger partial charge in [-0.3, -0.25) is 4.79 Å². The van der Waals surface area contributed by atoms with Crippen molar-refractivity contribution in [2.24, 2.45) is 5.92 Å². The fraction of sp³-hybridized carbons (Fsp3) is 0.391. The Bertz CT molecular complexity index is 813. The van der Waals surface area contributed by atoms with Crippen LogP contribution in [0.3, 0.4) is 0 Å². The first-order valence-corrected chi connectivity index (χ1v) is 9.66. The molecule has 1 amide bonds. The summed E-state index contributed by atoms with van der Waals surface area (Å²) in [5.74, 6) is 1.15. The molecule has 0 saturated carbocycles. The van der Waals surface area contributed by atoms with Crippen molar-refractivity contribution in [3.8, 4) is 0 Å². The number of allylic oxidation sites excluding steroid dienone is 5. The largest absolute Gasteiger partial charge is 0.441 e. The number of fused-ring (bicyclic) bond motifs is 1. The molecule has 2 aromatic rings. The van der Waals surface area contributed by atoms with Crippen LogP contribution in [0.5, 0.6) is 0 Å². The molecule has 27 heavy (non-hydrogen) atoms. The van der Waals surface area contributed by atoms with Crippen LogP contribution < -0.4 is 5.32 Å². The van der Waals surface area contributed by atoms with Gasteiger partial charge in [0, 0.05) is 19.5 Å². The molecule has 1 aromatic heterocycles. The van der Waals surface area contributed by atoms with Gasteiger partial charge in [0.15, 0.2) is 11.5 Å². The van der Waals surface area contributed by atoms with Gasteiger partial charge in [-0.2, -0.15) is 0 Å². The Balaban J connectivity index is 1.59. The van der Waals surface area contributed by atoms with E-state index in [1.165, 1.54) is 5.56 Å². The number of amides is 1. The van der Waals surface area contributed by atoms with E-state index in [1.807, 2.05) is 19.1 Å². The minimum absolute atomic E-state index is 0.0322. The van der Waals surface area contributed by atoms with E-state index < -0.39 is 0 Å². The zero-order valence-corrected chi connectivity index (χ0v) is 16.6. The van der Waals surface area contributed by atoms with Gasteiger partial charge in [0.2, 0.25) is 5.91 Å². The number of rotatable bonds is 10. The summed E-state index contributed by atoms with van der Waals surface area (Å²) in [7, 11) is 0. The lowest BCUT2D eigenvalue weighted by Gasteiger charge is -2.03. The smallest absolute Gasteiger partial charge is 0.243 e. The molecular weight excluding hydrogens is 336 g/mol. The number of oxazole rings is 1. The second kappa shape index (κ2) is 11.2. The van der Waals surface area contributed by atoms with Gasteiger partial charge in [-0.25, -0.2) is 4.98 Å². The monoisotopic (exact) mass is 366 g/mol. The van der Waals surface area contributed by atoms with Gasteiger partial charge >= 0.3 is 0 Å². The summed E-state index contributed by atoms with van der Waals surface area (Å²) in [6, 6.07) is 6.16. The molecule has 0 atom stereocenters. The number of carbonyl (C=O) groups is 1. The number of aromatic nitrogens is 1. The standard InChI is InChI=1S/C23H30N2O2/c1-18(2)17-24-23(26)13-11-9-7-5-4-6-8-10-12-20-14-15-22-21(16-20)25-19(3)27-22/h7-11,13-16,18H,4-6,12,17H2,1-3H3,(H,24,26)/b9-7+,10-8+,13-11+. The Kier molecular flexibility index (Phi) is 8.56. The Morgan fingerprint density at radius 3 is 2.81 bits per heavy atom. The third-order valence-electron chi connectivity index (χ3n) is 4.00. The average molecular weight is 367 g/mol. The molecule has 0 spiro atoms. The van der Waals surface area contributed by atoms with E-state index in [2.05, 4.69) is 54.5 Å². The molecule has 0 aliphatic carbocycles. The van der Waals surface area contributed by atoms with Gasteiger partial charge in [-0.05, 0) is 49.3 Å². The van der Waals surface area contributed by atoms with Crippen molar-refractivity contribution >= 4 is 17.0 Å². The number of nitrogens with zero attached hydrogens (tertiary/aromatic N) is 1. The van der Waals surface area contributed by atoms with Crippen molar-refractivity contribution in [1.29, 1.82) is 0 Å². The first kappa shape index (κ1) is 20.7. The van der Waals surface area contributed by atoms with Crippen molar-refractivity contribution < 1.29 is 9.21 Å². The zero-order valence-electron chi connectivity index (χ0n) is 16.6. The van der Waals surface area contributed by atoms with Crippen LogP contribution in [0.25, 0.3) is 11.1 Å². The second-order valence-corrected chi connectivity index (χ2v) is 7.07. The number of benzene rings is 1. The molecule has 0 aliphatic heterocycles. The van der Waals surface area contributed by atoms with Crippen molar-refractivity contribution in [2.75, 3.05) is 6.54 Å². The molecule has 4 heteroatoms. The highest BCUT2D eigenvalue weighted by molar-refractivity contribution is 5.87. The summed E-state index contributed by atoms with van der Waals surface area (Å²) in [6.45, 7) is 6.74. The molecule has 0 fully saturated rings. The number of unbranched alkanes of at least 4 members (excludes halogenated alkanes) is 2. The molecule has 1 aromatic carbocycles. The Morgan fingerprint density at radius 1 is 1.19 bits per heavy atom. The first-order valence-electron chi connectivity index (χ1n) is 9.66. The van der Waals surface area contributed by atoms with Crippen LogP contribution in [-0.4, -0.2) is 17.4 Å². The number of carbonyl (C=O) groups excluding carboxylic acids is 1. The van der Waals surface area contributed by atoms with Gasteiger partial charge in [0.05, 0.1) is 0 Å². The lowest BCUT2D eigenvalue weighted by Crippen LogP contribution is -2.25. The second-order valence-electron chi connectivity index (χ2n) is 7.07. The van der Waals surface area contributed by atoms with E-state index in [-0.39, 0.29) is 5.91 Å². The maximum Gasteiger partial charge on any atom is 0.243 e. The van der Waals surface area contributed by atoms with Crippen molar-refractivity contribution in [3.05, 3.63) is 66.1 Å². The summed E-state index contributed by atoms with van der Waals surface area (Å²) in [5, 5.41) is 2.85. The Labute approximate surface area is 162 Å². The topological polar surface area (TPSA) is 55.1 Å². The van der Waals surface area contributed by atoms with Crippen molar-refractivity contribution in [2.45, 2.75) is 46.5 Å². The fourth-order valence-electron chi connectivity index (χ4n) is 2.59. The number of nitrogens with one attached hydrogen (secondary N) is 1. The minimum atomic E-state index is -0.0322. The quantitative estimate of drug-likeness (QED) is 0.269. The normalized spacial score (nSPS) is 12.3. The van der Waals surface area contributed by atoms with E-state index in [4.69, 9.17) is 4.42 Å². The first-order chi connectivity index (χ1) is 13.0. The van der Waals surface area contributed by atoms with Gasteiger partial charge < -0.3 is 9.73 Å². The number of hydrogen-bond donors (Lipinski definition) is 1. The fourth-order valence-corrected chi connectivity index (χ4v) is 2.59. The van der Waals surface area contributed by atoms with Crippen LogP contribution in [-0.2, 0) is 11.2 Å². The van der Waals surface area contributed by atoms with Crippen LogP contribution >= 0.6 is 0 Å². The molecule has 1 N–H and O–H groups in total. The van der Waals surface area contributed by atoms with E-state index in [9.17, 15) is 4.79 Å². The minimum Gasteiger partial charge on any atom is -0.441 e. The van der Waals surface area contributed by atoms with Crippen LogP contribution in [0.1, 0.15) is 44.6 Å². The number of aryl methyl sites for hydroxylation is 1. The number of hydrogen-bond acceptors (Lipinski definition) is 3. The summed E-state index contributed by atoms with van der Waals surface area (Å²) in [4.78, 5) is 15.9. The summed E-state index contributed by atoms with van der Waals surface area (Å²) in [5.41, 5.74) is 3.01. The molecule has 0 radical (unpaired) electrons. The highest BCUT2D eigenvalue weighted by Gasteiger charge is 2.02. The van der Waals surface area contributed by atoms with Crippen LogP contribution in [0.15, 0.2) is 59.1 Å². The maximum absolute atomic E-state index is 11.5. The third-order valence-corrected chi connectivity index (χ3v) is 4.00. The van der Waals surface area contributed by atoms with Crippen molar-refractivity contribution in [1.82, 2.24) is 10.3 Å². The third kappa shape index (κ3) is 8.07. The molecule has 0 aliphatic rings. The Hall–Kier alpha value is -2.62. The lowest BCUT2D eigenvalue weighted by molar-refractivity contribution is -0.116. The van der Waals surface area contributed by atoms with Gasteiger partial charge in [0.1, 0.15) is 5.52 Å². The summed E-state index contributed by atoms with van der Waals surface area (Å²) >= 11 is 0. The van der Waals surface area contributed by atoms with E-state index >= 15 is 0 Å². The molecule has 0 unspecified atom stereocenters. The van der Waals surface area contributed by atoms with Crippen LogP contribution in [0, 0.1) is 12.8 Å². The summed E-state index contributed by atoms with van der Waals surface area (Å²) in [6.07, 6.45) is 15.9. The molecule has 144 valence electrons. The molecule has 2 rings (SSSR count). The lowest BCUT2D eigenvalue weighted by atomic mass is 10.1. The molecule has 0 saturated heterocycles. The zero-order chi connectivity index (χ0) is 19.5. The Morgan fingerprint density at radius 2 is 2.00 bits per heavy atom. The van der Waals surface area contributed by atoms with Crippen molar-refractivity contribution in [3.63, 3.8) is 0 Å². The molecule has 1 heterocycles. The maximum atomic E-state index is 11.5. The van der Waals surface area contributed by atoms with Gasteiger partial charge in [-0.15, -0.1) is 0 Å². The van der Waals surface area contributed by atoms with E-state index in [0.717, 1.165) is 36.8 Å². The van der Waals surface area contributed by atoms with Gasteiger partial charge in [0.25, 0.3) is 0 Å². The highest BCUT2D eigenvalue weighted by Crippen LogP contribution is 2.17. The molecular formula is C23H30N2O2. The molecule has 0 bridgehead atoms. The van der Waals surface area contributed by atoms with E-state index in [0.29, 0.717) is 18.4 Å². The van der Waals surface area contributed by atoms with Crippen LogP contribution in [0.2, 0.25) is 0 Å². The molecule has 4 nitrogen and oxygen atoms in total. The van der Waals surface area contributed by atoms with Crippen LogP contribution in [0.4, 0.5) is 0 Å². The van der Waals surface area contributed by atoms with Gasteiger partial charge in [-0.1, -0.05) is 50.3 Å². The summed E-state index contributed by atoms with van der Waals surface area (Å²) < 4.78 is 5.49. The average Bonchev–Trinajstić information content (AvgIpc) is 3.00.